The predicted octanol–water partition coefficient (Wildman–Crippen LogP) is 25.4. The Bertz CT molecular complexity index is 2480. The maximum absolute atomic E-state index is 13.0. The molecule has 0 spiro atoms. The summed E-state index contributed by atoms with van der Waals surface area (Å²) in [5.74, 6) is -1.59. The van der Waals surface area contributed by atoms with Crippen LogP contribution in [0.5, 0.6) is 0 Å². The SMILES string of the molecule is CCCCC/C=C\C/C=C\C/C=C\C/C=C\CCCCCCCCCCCCCC(=O)OCC(O)COP(=O)(O)OCC(O)COP(=O)(O)OCC(COC(=O)CCCCCCCCCCC/C=C\C/C=C\C/C=C\C/C=C\CCCCC)OC(=O)CCCCCCCC/C=C\C/C=C\C/C=C\CCCCC. The first-order valence-electron chi connectivity index (χ1n) is 42.5. The van der Waals surface area contributed by atoms with Gasteiger partial charge in [0.15, 0.2) is 6.10 Å². The number of hydrogen-bond acceptors (Lipinski definition) is 14. The molecule has 0 saturated carbocycles. The van der Waals surface area contributed by atoms with Crippen molar-refractivity contribution in [2.24, 2.45) is 0 Å². The Hall–Kier alpha value is -4.31. The monoisotopic (exact) mass is 1540 g/mol. The highest BCUT2D eigenvalue weighted by atomic mass is 31.2. The molecule has 0 aliphatic carbocycles. The molecule has 0 aliphatic rings. The fraction of sp³-hybridized carbons (Fsp3) is 0.719. The number of ether oxygens (including phenoxy) is 3. The Morgan fingerprint density at radius 3 is 0.738 bits per heavy atom. The average molecular weight is 1540 g/mol. The van der Waals surface area contributed by atoms with E-state index in [2.05, 4.69) is 154 Å². The highest BCUT2D eigenvalue weighted by Gasteiger charge is 2.29. The summed E-state index contributed by atoms with van der Waals surface area (Å²) in [6.45, 7) is 2.61. The summed E-state index contributed by atoms with van der Waals surface area (Å²) in [4.78, 5) is 58.8. The van der Waals surface area contributed by atoms with Gasteiger partial charge >= 0.3 is 33.6 Å². The first-order valence-corrected chi connectivity index (χ1v) is 45.5. The molecule has 0 fully saturated rings. The minimum atomic E-state index is -4.94. The molecule has 0 radical (unpaired) electrons. The Balaban J connectivity index is 4.64. The van der Waals surface area contributed by atoms with Crippen LogP contribution in [0.1, 0.15) is 355 Å². The summed E-state index contributed by atoms with van der Waals surface area (Å²) in [5, 5.41) is 20.7. The van der Waals surface area contributed by atoms with Crippen LogP contribution in [0.4, 0.5) is 0 Å². The van der Waals surface area contributed by atoms with Gasteiger partial charge in [0.25, 0.3) is 0 Å². The van der Waals surface area contributed by atoms with Gasteiger partial charge in [-0.15, -0.1) is 0 Å². The fourth-order valence-electron chi connectivity index (χ4n) is 11.3. The molecule has 0 amide bonds. The predicted molar refractivity (Wildman–Crippen MR) is 445 cm³/mol. The zero-order valence-electron chi connectivity index (χ0n) is 67.5. The molecule has 0 aromatic heterocycles. The van der Waals surface area contributed by atoms with E-state index in [9.17, 15) is 43.5 Å². The number of aliphatic hydroxyl groups is 2. The van der Waals surface area contributed by atoms with Crippen molar-refractivity contribution in [2.45, 2.75) is 373 Å². The molecule has 0 heterocycles. The molecule has 5 unspecified atom stereocenters. The van der Waals surface area contributed by atoms with Crippen molar-refractivity contribution in [3.8, 4) is 0 Å². The molecule has 0 aromatic rings. The van der Waals surface area contributed by atoms with Gasteiger partial charge in [0, 0.05) is 19.3 Å². The molecular formula is C89H154O16P2. The Kier molecular flexibility index (Phi) is 77.9. The number of hydrogen-bond donors (Lipinski definition) is 4. The number of rotatable bonds is 80. The van der Waals surface area contributed by atoms with Crippen LogP contribution in [-0.4, -0.2) is 95.9 Å². The number of phosphoric ester groups is 2. The molecule has 0 saturated heterocycles. The second-order valence-corrected chi connectivity index (χ2v) is 31.2. The summed E-state index contributed by atoms with van der Waals surface area (Å²) in [6.07, 6.45) is 99.1. The Morgan fingerprint density at radius 1 is 0.262 bits per heavy atom. The number of esters is 3. The molecule has 0 aliphatic heterocycles. The van der Waals surface area contributed by atoms with Gasteiger partial charge in [0.05, 0.1) is 26.4 Å². The van der Waals surface area contributed by atoms with Crippen LogP contribution in [0.3, 0.4) is 0 Å². The topological polar surface area (TPSA) is 231 Å². The van der Waals surface area contributed by atoms with Crippen molar-refractivity contribution >= 4 is 33.6 Å². The van der Waals surface area contributed by atoms with Gasteiger partial charge in [0.2, 0.25) is 0 Å². The molecule has 18 heteroatoms. The van der Waals surface area contributed by atoms with Gasteiger partial charge in [-0.2, -0.15) is 0 Å². The average Bonchev–Trinajstić information content (AvgIpc) is 0.903. The van der Waals surface area contributed by atoms with Crippen LogP contribution in [0, 0.1) is 0 Å². The van der Waals surface area contributed by atoms with Crippen LogP contribution in [-0.2, 0) is 55.8 Å². The van der Waals surface area contributed by atoms with E-state index in [-0.39, 0.29) is 19.3 Å². The standard InChI is InChI=1S/C89H154O16P2/c1-4-7-10-13-16-19-22-25-28-31-34-36-38-40-41-43-45-46-49-51-54-57-60-63-66-69-72-75-87(92)99-78-84(90)79-101-106(95,96)102-80-85(91)81-103-107(97,98)104-83-86(105-89(94)77-74-71-68-65-62-59-56-53-48-33-30-27-24-21-18-15-12-9-6-3)82-100-88(93)76-73-70-67-64-61-58-55-52-50-47-44-42-39-37-35-32-29-26-23-20-17-14-11-8-5-2/h16-21,25-30,34-37,40-42,44,48,53,84-86,90-91H,4-15,22-24,31-33,38-39,43,45-47,49-52,54-83H2,1-3H3,(H,95,96)(H,97,98)/b19-16-,20-17-,21-18-,28-25-,29-26-,30-27-,36-34-,37-35-,41-40-,44-42-,53-48-. The fourth-order valence-corrected chi connectivity index (χ4v) is 12.9. The van der Waals surface area contributed by atoms with E-state index >= 15 is 0 Å². The molecule has 5 atom stereocenters. The lowest BCUT2D eigenvalue weighted by Crippen LogP contribution is -2.30. The first-order chi connectivity index (χ1) is 52.2. The van der Waals surface area contributed by atoms with Gasteiger partial charge < -0.3 is 34.2 Å². The van der Waals surface area contributed by atoms with E-state index in [0.717, 1.165) is 154 Å². The normalized spacial score (nSPS) is 14.6. The number of unbranched alkanes of at least 4 members (excludes halogenated alkanes) is 35. The molecule has 0 aromatic carbocycles. The maximum atomic E-state index is 13.0. The zero-order chi connectivity index (χ0) is 78.0. The van der Waals surface area contributed by atoms with Crippen molar-refractivity contribution in [1.29, 1.82) is 0 Å². The first kappa shape index (κ1) is 103. The van der Waals surface area contributed by atoms with Crippen LogP contribution >= 0.6 is 15.6 Å². The largest absolute Gasteiger partial charge is 0.472 e. The van der Waals surface area contributed by atoms with E-state index in [4.69, 9.17) is 32.3 Å². The lowest BCUT2D eigenvalue weighted by atomic mass is 10.0. The van der Waals surface area contributed by atoms with Gasteiger partial charge in [-0.25, -0.2) is 9.13 Å². The molecule has 107 heavy (non-hydrogen) atoms. The minimum absolute atomic E-state index is 0.0860. The Morgan fingerprint density at radius 2 is 0.467 bits per heavy atom. The van der Waals surface area contributed by atoms with Gasteiger partial charge in [-0.3, -0.25) is 32.5 Å². The van der Waals surface area contributed by atoms with Crippen LogP contribution in [0.2, 0.25) is 0 Å². The maximum Gasteiger partial charge on any atom is 0.472 e. The summed E-state index contributed by atoms with van der Waals surface area (Å²) in [7, 11) is -9.81. The van der Waals surface area contributed by atoms with E-state index < -0.39 is 91.5 Å². The summed E-state index contributed by atoms with van der Waals surface area (Å²) in [5.41, 5.74) is 0. The quantitative estimate of drug-likeness (QED) is 0.0146. The van der Waals surface area contributed by atoms with Crippen molar-refractivity contribution in [1.82, 2.24) is 0 Å². The molecular weight excluding hydrogens is 1390 g/mol. The Labute approximate surface area is 652 Å². The van der Waals surface area contributed by atoms with Gasteiger partial charge in [-0.05, 0) is 148 Å². The van der Waals surface area contributed by atoms with Crippen molar-refractivity contribution in [3.63, 3.8) is 0 Å². The molecule has 0 rings (SSSR count). The second kappa shape index (κ2) is 81.2. The number of phosphoric acid groups is 2. The van der Waals surface area contributed by atoms with Crippen molar-refractivity contribution < 1.29 is 75.8 Å². The lowest BCUT2D eigenvalue weighted by Gasteiger charge is -2.21. The highest BCUT2D eigenvalue weighted by Crippen LogP contribution is 2.45. The number of carbonyl (C=O) groups excluding carboxylic acids is 3. The molecule has 616 valence electrons. The second-order valence-electron chi connectivity index (χ2n) is 28.3. The number of carbonyl (C=O) groups is 3. The molecule has 4 N–H and O–H groups in total. The van der Waals surface area contributed by atoms with Gasteiger partial charge in [0.1, 0.15) is 25.4 Å². The van der Waals surface area contributed by atoms with Crippen LogP contribution in [0.15, 0.2) is 134 Å². The summed E-state index contributed by atoms with van der Waals surface area (Å²) < 4.78 is 61.3. The zero-order valence-corrected chi connectivity index (χ0v) is 69.3. The highest BCUT2D eigenvalue weighted by molar-refractivity contribution is 7.47. The minimum Gasteiger partial charge on any atom is -0.463 e. The molecule has 16 nitrogen and oxygen atoms in total. The number of allylic oxidation sites excluding steroid dienone is 22. The third-order valence-electron chi connectivity index (χ3n) is 17.8. The van der Waals surface area contributed by atoms with Crippen LogP contribution in [0.25, 0.3) is 0 Å². The van der Waals surface area contributed by atoms with E-state index in [1.54, 1.807) is 0 Å². The lowest BCUT2D eigenvalue weighted by molar-refractivity contribution is -0.161. The van der Waals surface area contributed by atoms with E-state index in [1.165, 1.54) is 141 Å². The number of aliphatic hydroxyl groups excluding tert-OH is 2. The third kappa shape index (κ3) is 82.5. The van der Waals surface area contributed by atoms with E-state index in [1.807, 2.05) is 0 Å². The van der Waals surface area contributed by atoms with E-state index in [0.29, 0.717) is 19.3 Å². The molecule has 0 bridgehead atoms. The van der Waals surface area contributed by atoms with Crippen LogP contribution < -0.4 is 0 Å². The van der Waals surface area contributed by atoms with Crippen molar-refractivity contribution in [2.75, 3.05) is 39.6 Å². The smallest absolute Gasteiger partial charge is 0.463 e. The summed E-state index contributed by atoms with van der Waals surface area (Å²) in [6, 6.07) is 0. The third-order valence-corrected chi connectivity index (χ3v) is 19.7. The summed E-state index contributed by atoms with van der Waals surface area (Å²) >= 11 is 0. The van der Waals surface area contributed by atoms with Crippen molar-refractivity contribution in [3.05, 3.63) is 134 Å². The van der Waals surface area contributed by atoms with Gasteiger partial charge in [-0.1, -0.05) is 321 Å².